The third kappa shape index (κ3) is 1.33. The fourth-order valence-electron chi connectivity index (χ4n) is 0.895. The second-order valence-electron chi connectivity index (χ2n) is 2.84. The van der Waals surface area contributed by atoms with Gasteiger partial charge in [-0.05, 0) is 20.8 Å². The summed E-state index contributed by atoms with van der Waals surface area (Å²) in [4.78, 5) is 0. The van der Waals surface area contributed by atoms with Crippen molar-refractivity contribution in [3.05, 3.63) is 10.7 Å². The summed E-state index contributed by atoms with van der Waals surface area (Å²) in [6, 6.07) is 0.265. The van der Waals surface area contributed by atoms with Crippen molar-refractivity contribution in [2.45, 2.75) is 26.8 Å². The minimum Gasteiger partial charge on any atom is -0.384 e. The van der Waals surface area contributed by atoms with Crippen LogP contribution < -0.4 is 5.73 Å². The molecule has 2 N–H and O–H groups in total. The number of anilines is 1. The van der Waals surface area contributed by atoms with Gasteiger partial charge < -0.3 is 5.73 Å². The van der Waals surface area contributed by atoms with Crippen LogP contribution in [0.4, 0.5) is 5.82 Å². The quantitative estimate of drug-likeness (QED) is 0.706. The Hall–Kier alpha value is -0.700. The number of nitrogens with zero attached hydrogens (tertiary/aromatic N) is 2. The van der Waals surface area contributed by atoms with Gasteiger partial charge in [-0.15, -0.1) is 0 Å². The van der Waals surface area contributed by atoms with Crippen LogP contribution in [0.15, 0.2) is 0 Å². The second-order valence-corrected chi connectivity index (χ2v) is 3.20. The first kappa shape index (κ1) is 8.40. The van der Waals surface area contributed by atoms with Crippen LogP contribution in [0.3, 0.4) is 0 Å². The van der Waals surface area contributed by atoms with Crippen LogP contribution >= 0.6 is 11.6 Å². The lowest BCUT2D eigenvalue weighted by atomic mass is 10.3. The molecule has 0 bridgehead atoms. The Morgan fingerprint density at radius 1 is 1.55 bits per heavy atom. The van der Waals surface area contributed by atoms with Gasteiger partial charge in [-0.25, -0.2) is 4.68 Å². The van der Waals surface area contributed by atoms with E-state index >= 15 is 0 Å². The summed E-state index contributed by atoms with van der Waals surface area (Å²) in [7, 11) is 0. The highest BCUT2D eigenvalue weighted by molar-refractivity contribution is 6.30. The van der Waals surface area contributed by atoms with Gasteiger partial charge in [0, 0.05) is 11.6 Å². The Morgan fingerprint density at radius 3 is 2.27 bits per heavy atom. The summed E-state index contributed by atoms with van der Waals surface area (Å²) in [5.74, 6) is 0.657. The van der Waals surface area contributed by atoms with E-state index in [0.29, 0.717) is 11.0 Å². The molecular weight excluding hydrogens is 162 g/mol. The molecule has 0 unspecified atom stereocenters. The zero-order chi connectivity index (χ0) is 8.59. The van der Waals surface area contributed by atoms with Crippen LogP contribution in [-0.2, 0) is 0 Å². The van der Waals surface area contributed by atoms with Crippen LogP contribution in [0.1, 0.15) is 25.5 Å². The normalized spacial score (nSPS) is 11.0. The van der Waals surface area contributed by atoms with E-state index in [1.165, 1.54) is 0 Å². The lowest BCUT2D eigenvalue weighted by Gasteiger charge is -2.06. The predicted octanol–water partition coefficient (Wildman–Crippen LogP) is 2.01. The van der Waals surface area contributed by atoms with Gasteiger partial charge in [0.05, 0.1) is 0 Å². The highest BCUT2D eigenvalue weighted by Gasteiger charge is 2.10. The molecule has 0 amide bonds. The maximum atomic E-state index is 5.77. The fourth-order valence-corrected chi connectivity index (χ4v) is 1.07. The summed E-state index contributed by atoms with van der Waals surface area (Å²) in [5, 5.41) is 4.56. The third-order valence-corrected chi connectivity index (χ3v) is 1.98. The molecule has 0 fully saturated rings. The van der Waals surface area contributed by atoms with Crippen molar-refractivity contribution in [1.82, 2.24) is 9.78 Å². The van der Waals surface area contributed by atoms with Gasteiger partial charge in [0.1, 0.15) is 5.82 Å². The lowest BCUT2D eigenvalue weighted by molar-refractivity contribution is 0.540. The van der Waals surface area contributed by atoms with Crippen LogP contribution in [0.2, 0.25) is 5.15 Å². The van der Waals surface area contributed by atoms with Gasteiger partial charge in [0.25, 0.3) is 0 Å². The van der Waals surface area contributed by atoms with Crippen molar-refractivity contribution >= 4 is 17.4 Å². The maximum Gasteiger partial charge on any atom is 0.156 e. The van der Waals surface area contributed by atoms with E-state index in [-0.39, 0.29) is 6.04 Å². The second kappa shape index (κ2) is 2.74. The average Bonchev–Trinajstić information content (AvgIpc) is 2.17. The Labute approximate surface area is 71.1 Å². The number of nitrogens with two attached hydrogens (primary N) is 1. The van der Waals surface area contributed by atoms with Gasteiger partial charge in [-0.2, -0.15) is 5.10 Å². The van der Waals surface area contributed by atoms with E-state index in [1.807, 2.05) is 20.8 Å². The van der Waals surface area contributed by atoms with Gasteiger partial charge in [-0.1, -0.05) is 11.6 Å². The molecule has 0 aliphatic rings. The van der Waals surface area contributed by atoms with Crippen LogP contribution in [0, 0.1) is 6.92 Å². The van der Waals surface area contributed by atoms with E-state index in [0.717, 1.165) is 5.56 Å². The minimum atomic E-state index is 0.265. The molecule has 3 nitrogen and oxygen atoms in total. The zero-order valence-corrected chi connectivity index (χ0v) is 7.68. The molecule has 1 rings (SSSR count). The SMILES string of the molecule is Cc1c(Cl)nn(C(C)C)c1N. The smallest absolute Gasteiger partial charge is 0.156 e. The number of hydrogen-bond donors (Lipinski definition) is 1. The van der Waals surface area contributed by atoms with Gasteiger partial charge in [0.2, 0.25) is 0 Å². The monoisotopic (exact) mass is 173 g/mol. The van der Waals surface area contributed by atoms with Crippen LogP contribution in [-0.4, -0.2) is 9.78 Å². The number of rotatable bonds is 1. The summed E-state index contributed by atoms with van der Waals surface area (Å²) in [5.41, 5.74) is 6.58. The minimum absolute atomic E-state index is 0.265. The van der Waals surface area contributed by atoms with E-state index in [2.05, 4.69) is 5.10 Å². The molecular formula is C7H12ClN3. The third-order valence-electron chi connectivity index (χ3n) is 1.63. The van der Waals surface area contributed by atoms with Crippen molar-refractivity contribution in [3.63, 3.8) is 0 Å². The van der Waals surface area contributed by atoms with Crippen LogP contribution in [0.25, 0.3) is 0 Å². The van der Waals surface area contributed by atoms with Crippen molar-refractivity contribution in [3.8, 4) is 0 Å². The van der Waals surface area contributed by atoms with Crippen LogP contribution in [0.5, 0.6) is 0 Å². The molecule has 11 heavy (non-hydrogen) atoms. The molecule has 0 aliphatic heterocycles. The summed E-state index contributed by atoms with van der Waals surface area (Å²) in [6.07, 6.45) is 0. The van der Waals surface area contributed by atoms with Gasteiger partial charge in [0.15, 0.2) is 5.15 Å². The molecule has 0 atom stereocenters. The molecule has 62 valence electrons. The first-order chi connectivity index (χ1) is 5.04. The van der Waals surface area contributed by atoms with E-state index in [1.54, 1.807) is 4.68 Å². The number of nitrogen functional groups attached to an aromatic ring is 1. The van der Waals surface area contributed by atoms with Crippen molar-refractivity contribution in [1.29, 1.82) is 0 Å². The molecule has 0 saturated heterocycles. The molecule has 1 heterocycles. The fraction of sp³-hybridized carbons (Fsp3) is 0.571. The largest absolute Gasteiger partial charge is 0.384 e. The number of aromatic nitrogens is 2. The van der Waals surface area contributed by atoms with Gasteiger partial charge >= 0.3 is 0 Å². The Balaban J connectivity index is 3.19. The molecule has 1 aromatic rings. The first-order valence-electron chi connectivity index (χ1n) is 3.54. The number of halogens is 1. The summed E-state index contributed by atoms with van der Waals surface area (Å²) < 4.78 is 1.72. The maximum absolute atomic E-state index is 5.77. The predicted molar refractivity (Wildman–Crippen MR) is 46.8 cm³/mol. The van der Waals surface area contributed by atoms with E-state index in [9.17, 15) is 0 Å². The first-order valence-corrected chi connectivity index (χ1v) is 3.92. The topological polar surface area (TPSA) is 43.8 Å². The summed E-state index contributed by atoms with van der Waals surface area (Å²) in [6.45, 7) is 5.89. The molecule has 0 aliphatic carbocycles. The summed E-state index contributed by atoms with van der Waals surface area (Å²) >= 11 is 5.77. The van der Waals surface area contributed by atoms with Gasteiger partial charge in [-0.3, -0.25) is 0 Å². The standard InChI is InChI=1S/C7H12ClN3/c1-4(2)11-7(9)5(3)6(8)10-11/h4H,9H2,1-3H3. The molecule has 0 spiro atoms. The molecule has 0 aromatic carbocycles. The van der Waals surface area contributed by atoms with Crippen molar-refractivity contribution < 1.29 is 0 Å². The Bertz CT molecular complexity index is 265. The molecule has 1 aromatic heterocycles. The lowest BCUT2D eigenvalue weighted by Crippen LogP contribution is -2.06. The molecule has 0 saturated carbocycles. The average molecular weight is 174 g/mol. The number of hydrogen-bond acceptors (Lipinski definition) is 2. The van der Waals surface area contributed by atoms with Crippen molar-refractivity contribution in [2.75, 3.05) is 5.73 Å². The Morgan fingerprint density at radius 2 is 2.09 bits per heavy atom. The highest BCUT2D eigenvalue weighted by Crippen LogP contribution is 2.22. The molecule has 0 radical (unpaired) electrons. The highest BCUT2D eigenvalue weighted by atomic mass is 35.5. The van der Waals surface area contributed by atoms with E-state index in [4.69, 9.17) is 17.3 Å². The Kier molecular flexibility index (Phi) is 2.09. The zero-order valence-electron chi connectivity index (χ0n) is 6.93. The van der Waals surface area contributed by atoms with Crippen molar-refractivity contribution in [2.24, 2.45) is 0 Å². The van der Waals surface area contributed by atoms with E-state index < -0.39 is 0 Å². The molecule has 4 heteroatoms.